The fourth-order valence-electron chi connectivity index (χ4n) is 1.23. The maximum atomic E-state index is 5.97. The number of unbranched alkanes of at least 4 members (excludes halogenated alkanes) is 2. The summed E-state index contributed by atoms with van der Waals surface area (Å²) >= 11 is 21.9. The quantitative estimate of drug-likeness (QED) is 0.566. The van der Waals surface area contributed by atoms with E-state index < -0.39 is 0 Å². The molecule has 1 rings (SSSR count). The van der Waals surface area contributed by atoms with E-state index in [0.717, 1.165) is 25.0 Å². The summed E-state index contributed by atoms with van der Waals surface area (Å²) in [5, 5.41) is 1.41. The summed E-state index contributed by atoms with van der Waals surface area (Å²) in [7, 11) is 0. The monoisotopic (exact) mass is 298 g/mol. The molecule has 90 valence electrons. The number of hydrogen-bond donors (Lipinski definition) is 1. The summed E-state index contributed by atoms with van der Waals surface area (Å²) in [5.41, 5.74) is 0. The Kier molecular flexibility index (Phi) is 6.74. The van der Waals surface area contributed by atoms with E-state index in [9.17, 15) is 0 Å². The second-order valence-electron chi connectivity index (χ2n) is 3.33. The Balaban J connectivity index is 2.47. The van der Waals surface area contributed by atoms with E-state index in [1.807, 2.05) is 0 Å². The van der Waals surface area contributed by atoms with Crippen LogP contribution in [0.4, 0.5) is 0 Å². The molecule has 1 nitrogen and oxygen atoms in total. The lowest BCUT2D eigenvalue weighted by molar-refractivity contribution is 0.307. The Bertz CT molecular complexity index is 321. The fraction of sp³-hybridized carbons (Fsp3) is 0.455. The van der Waals surface area contributed by atoms with Gasteiger partial charge in [-0.3, -0.25) is 0 Å². The van der Waals surface area contributed by atoms with Crippen molar-refractivity contribution in [1.82, 2.24) is 0 Å². The van der Waals surface area contributed by atoms with Crippen molar-refractivity contribution in [2.24, 2.45) is 0 Å². The average molecular weight is 300 g/mol. The predicted octanol–water partition coefficient (Wildman–Crippen LogP) is 5.13. The first kappa shape index (κ1) is 14.3. The molecule has 0 atom stereocenters. The van der Waals surface area contributed by atoms with Gasteiger partial charge in [-0.25, -0.2) is 0 Å². The molecule has 16 heavy (non-hydrogen) atoms. The molecule has 0 aliphatic rings. The number of hydrogen-bond acceptors (Lipinski definition) is 2. The van der Waals surface area contributed by atoms with Gasteiger partial charge >= 0.3 is 0 Å². The third-order valence-corrected chi connectivity index (χ3v) is 3.11. The van der Waals surface area contributed by atoms with Crippen LogP contribution in [-0.2, 0) is 0 Å². The minimum absolute atomic E-state index is 0.451. The molecule has 0 fully saturated rings. The normalized spacial score (nSPS) is 10.5. The number of rotatable bonds is 6. The highest BCUT2D eigenvalue weighted by Crippen LogP contribution is 2.35. The van der Waals surface area contributed by atoms with Crippen molar-refractivity contribution >= 4 is 47.4 Å². The van der Waals surface area contributed by atoms with E-state index in [1.165, 1.54) is 0 Å². The van der Waals surface area contributed by atoms with Crippen LogP contribution in [0.5, 0.6) is 5.75 Å². The molecular weight excluding hydrogens is 287 g/mol. The van der Waals surface area contributed by atoms with Gasteiger partial charge in [-0.1, -0.05) is 34.8 Å². The Hall–Kier alpha value is 0.240. The summed E-state index contributed by atoms with van der Waals surface area (Å²) < 4.78 is 5.52. The van der Waals surface area contributed by atoms with Crippen molar-refractivity contribution in [2.75, 3.05) is 12.4 Å². The van der Waals surface area contributed by atoms with E-state index in [-0.39, 0.29) is 0 Å². The van der Waals surface area contributed by atoms with Crippen LogP contribution in [0.25, 0.3) is 0 Å². The van der Waals surface area contributed by atoms with E-state index in [4.69, 9.17) is 39.5 Å². The fourth-order valence-corrected chi connectivity index (χ4v) is 2.38. The lowest BCUT2D eigenvalue weighted by atomic mass is 10.2. The minimum atomic E-state index is 0.451. The van der Waals surface area contributed by atoms with Gasteiger partial charge in [-0.15, -0.1) is 0 Å². The van der Waals surface area contributed by atoms with Crippen LogP contribution in [0.15, 0.2) is 12.1 Å². The van der Waals surface area contributed by atoms with Gasteiger partial charge in [0.05, 0.1) is 16.7 Å². The second kappa shape index (κ2) is 7.54. The molecule has 0 amide bonds. The summed E-state index contributed by atoms with van der Waals surface area (Å²) in [6.07, 6.45) is 3.15. The zero-order chi connectivity index (χ0) is 12.0. The largest absolute Gasteiger partial charge is 0.490 e. The molecule has 0 aliphatic carbocycles. The molecule has 0 spiro atoms. The van der Waals surface area contributed by atoms with Crippen LogP contribution in [-0.4, -0.2) is 12.4 Å². The number of thiol groups is 1. The molecule has 0 aliphatic heterocycles. The molecule has 0 unspecified atom stereocenters. The summed E-state index contributed by atoms with van der Waals surface area (Å²) in [5.74, 6) is 1.42. The van der Waals surface area contributed by atoms with Crippen molar-refractivity contribution in [1.29, 1.82) is 0 Å². The first-order valence-corrected chi connectivity index (χ1v) is 6.80. The predicted molar refractivity (Wildman–Crippen MR) is 74.7 cm³/mol. The van der Waals surface area contributed by atoms with Gasteiger partial charge in [0.1, 0.15) is 0 Å². The number of halogens is 3. The van der Waals surface area contributed by atoms with Crippen LogP contribution < -0.4 is 4.74 Å². The molecule has 5 heteroatoms. The Morgan fingerprint density at radius 1 is 1.00 bits per heavy atom. The Morgan fingerprint density at radius 2 is 1.62 bits per heavy atom. The van der Waals surface area contributed by atoms with Crippen LogP contribution in [0.3, 0.4) is 0 Å². The summed E-state index contributed by atoms with van der Waals surface area (Å²) in [6.45, 7) is 0.606. The SMILES string of the molecule is SCCCCCOc1c(Cl)cc(Cl)cc1Cl. The van der Waals surface area contributed by atoms with Gasteiger partial charge in [-0.2, -0.15) is 12.6 Å². The lowest BCUT2D eigenvalue weighted by Gasteiger charge is -2.10. The topological polar surface area (TPSA) is 9.23 Å². The molecule has 0 aromatic heterocycles. The van der Waals surface area contributed by atoms with E-state index in [1.54, 1.807) is 12.1 Å². The van der Waals surface area contributed by atoms with Crippen LogP contribution in [0.2, 0.25) is 15.1 Å². The van der Waals surface area contributed by atoms with Gasteiger partial charge in [-0.05, 0) is 37.1 Å². The van der Waals surface area contributed by atoms with Gasteiger partial charge in [0.15, 0.2) is 5.75 Å². The highest BCUT2D eigenvalue weighted by molar-refractivity contribution is 7.80. The van der Waals surface area contributed by atoms with Crippen LogP contribution in [0.1, 0.15) is 19.3 Å². The van der Waals surface area contributed by atoms with Crippen LogP contribution in [0, 0.1) is 0 Å². The minimum Gasteiger partial charge on any atom is -0.490 e. The average Bonchev–Trinajstić information content (AvgIpc) is 2.20. The van der Waals surface area contributed by atoms with Crippen molar-refractivity contribution in [2.45, 2.75) is 19.3 Å². The number of benzene rings is 1. The third kappa shape index (κ3) is 4.62. The van der Waals surface area contributed by atoms with Crippen LogP contribution >= 0.6 is 47.4 Å². The molecule has 0 bridgehead atoms. The molecule has 0 N–H and O–H groups in total. The molecule has 0 saturated carbocycles. The molecule has 0 radical (unpaired) electrons. The summed E-state index contributed by atoms with van der Waals surface area (Å²) in [6, 6.07) is 3.25. The molecule has 0 saturated heterocycles. The molecule has 1 aromatic carbocycles. The third-order valence-electron chi connectivity index (χ3n) is 2.01. The second-order valence-corrected chi connectivity index (χ2v) is 5.03. The van der Waals surface area contributed by atoms with Gasteiger partial charge in [0.2, 0.25) is 0 Å². The van der Waals surface area contributed by atoms with Crippen molar-refractivity contribution in [3.63, 3.8) is 0 Å². The maximum Gasteiger partial charge on any atom is 0.156 e. The van der Waals surface area contributed by atoms with Crippen molar-refractivity contribution in [3.8, 4) is 5.75 Å². The lowest BCUT2D eigenvalue weighted by Crippen LogP contribution is -1.98. The smallest absolute Gasteiger partial charge is 0.156 e. The molecule has 0 heterocycles. The summed E-state index contributed by atoms with van der Waals surface area (Å²) in [4.78, 5) is 0. The van der Waals surface area contributed by atoms with E-state index in [0.29, 0.717) is 27.4 Å². The molecular formula is C11H13Cl3OS. The Morgan fingerprint density at radius 3 is 2.19 bits per heavy atom. The van der Waals surface area contributed by atoms with Gasteiger partial charge < -0.3 is 4.74 Å². The first-order valence-electron chi connectivity index (χ1n) is 5.03. The standard InChI is InChI=1S/C11H13Cl3OS/c12-8-6-9(13)11(10(14)7-8)15-4-2-1-3-5-16/h6-7,16H,1-5H2. The first-order chi connectivity index (χ1) is 7.65. The highest BCUT2D eigenvalue weighted by atomic mass is 35.5. The maximum absolute atomic E-state index is 5.97. The Labute approximate surface area is 116 Å². The zero-order valence-corrected chi connectivity index (χ0v) is 11.8. The highest BCUT2D eigenvalue weighted by Gasteiger charge is 2.08. The number of ether oxygens (including phenoxy) is 1. The van der Waals surface area contributed by atoms with E-state index in [2.05, 4.69) is 12.6 Å². The van der Waals surface area contributed by atoms with Gasteiger partial charge in [0, 0.05) is 5.02 Å². The van der Waals surface area contributed by atoms with Crippen molar-refractivity contribution in [3.05, 3.63) is 27.2 Å². The van der Waals surface area contributed by atoms with Gasteiger partial charge in [0.25, 0.3) is 0 Å². The zero-order valence-electron chi connectivity index (χ0n) is 8.68. The van der Waals surface area contributed by atoms with Crippen molar-refractivity contribution < 1.29 is 4.74 Å². The molecule has 1 aromatic rings. The van der Waals surface area contributed by atoms with E-state index >= 15 is 0 Å².